The summed E-state index contributed by atoms with van der Waals surface area (Å²) in [5, 5.41) is 0. The zero-order chi connectivity index (χ0) is 22.6. The molecule has 2 heterocycles. The lowest BCUT2D eigenvalue weighted by Gasteiger charge is -2.31. The van der Waals surface area contributed by atoms with Gasteiger partial charge in [0, 0.05) is 23.5 Å². The topological polar surface area (TPSA) is 37.7 Å². The Morgan fingerprint density at radius 2 is 1.64 bits per heavy atom. The Morgan fingerprint density at radius 3 is 2.36 bits per heavy atom. The molecule has 4 aromatic rings. The lowest BCUT2D eigenvalue weighted by molar-refractivity contribution is 0.463. The van der Waals surface area contributed by atoms with Crippen LogP contribution in [0.2, 0.25) is 0 Å². The van der Waals surface area contributed by atoms with Gasteiger partial charge in [0.15, 0.2) is 0 Å². The predicted molar refractivity (Wildman–Crippen MR) is 135 cm³/mol. The maximum absolute atomic E-state index is 5.87. The zero-order valence-corrected chi connectivity index (χ0v) is 19.0. The molecule has 1 unspecified atom stereocenters. The van der Waals surface area contributed by atoms with Crippen molar-refractivity contribution in [1.82, 2.24) is 4.98 Å². The minimum Gasteiger partial charge on any atom is -0.439 e. The molecule has 0 spiro atoms. The quantitative estimate of drug-likeness (QED) is 0.316. The smallest absolute Gasteiger partial charge is 0.219 e. The highest BCUT2D eigenvalue weighted by Crippen LogP contribution is 2.32. The molecule has 33 heavy (non-hydrogen) atoms. The van der Waals surface area contributed by atoms with Crippen LogP contribution in [0, 0.1) is 0 Å². The number of amidine groups is 1. The van der Waals surface area contributed by atoms with Gasteiger partial charge >= 0.3 is 0 Å². The number of fused-ring (bicyclic) bond motifs is 1. The number of aliphatic imine (C=N–C) groups is 1. The maximum atomic E-state index is 5.87. The fourth-order valence-corrected chi connectivity index (χ4v) is 4.01. The summed E-state index contributed by atoms with van der Waals surface area (Å²) < 4.78 is 5.87. The molecule has 0 fully saturated rings. The van der Waals surface area contributed by atoms with Crippen molar-refractivity contribution in [2.45, 2.75) is 32.7 Å². The van der Waals surface area contributed by atoms with Gasteiger partial charge in [-0.1, -0.05) is 62.4 Å². The first-order valence-electron chi connectivity index (χ1n) is 11.4. The fourth-order valence-electron chi connectivity index (χ4n) is 4.01. The molecule has 0 bridgehead atoms. The summed E-state index contributed by atoms with van der Waals surface area (Å²) in [4.78, 5) is 11.8. The summed E-state index contributed by atoms with van der Waals surface area (Å²) in [5.41, 5.74) is 5.66. The second-order valence-corrected chi connectivity index (χ2v) is 8.35. The van der Waals surface area contributed by atoms with Crippen LogP contribution in [0.1, 0.15) is 42.9 Å². The third-order valence-corrected chi connectivity index (χ3v) is 6.15. The van der Waals surface area contributed by atoms with Gasteiger partial charge in [-0.15, -0.1) is 0 Å². The van der Waals surface area contributed by atoms with Gasteiger partial charge < -0.3 is 9.64 Å². The monoisotopic (exact) mass is 433 g/mol. The van der Waals surface area contributed by atoms with Gasteiger partial charge in [-0.2, -0.15) is 0 Å². The summed E-state index contributed by atoms with van der Waals surface area (Å²) in [5.74, 6) is 2.77. The molecule has 4 heteroatoms. The highest BCUT2D eigenvalue weighted by molar-refractivity contribution is 6.12. The summed E-state index contributed by atoms with van der Waals surface area (Å²) in [6, 6.07) is 30.8. The Bertz CT molecular complexity index is 1250. The van der Waals surface area contributed by atoms with Gasteiger partial charge in [-0.05, 0) is 59.9 Å². The van der Waals surface area contributed by atoms with Crippen molar-refractivity contribution in [3.8, 4) is 11.6 Å². The van der Waals surface area contributed by atoms with E-state index in [1.807, 2.05) is 54.7 Å². The number of rotatable bonds is 6. The Labute approximate surface area is 195 Å². The van der Waals surface area contributed by atoms with E-state index in [4.69, 9.17) is 9.73 Å². The van der Waals surface area contributed by atoms with E-state index in [0.717, 1.165) is 41.5 Å². The Hall–Kier alpha value is -3.92. The fraction of sp³-hybridized carbons (Fsp3) is 0.172. The lowest BCUT2D eigenvalue weighted by atomic mass is 9.98. The van der Waals surface area contributed by atoms with Crippen LogP contribution in [0.5, 0.6) is 11.6 Å². The van der Waals surface area contributed by atoms with Gasteiger partial charge in [0.1, 0.15) is 11.6 Å². The van der Waals surface area contributed by atoms with Crippen LogP contribution >= 0.6 is 0 Å². The van der Waals surface area contributed by atoms with Gasteiger partial charge in [-0.3, -0.25) is 0 Å². The number of hydrogen-bond donors (Lipinski definition) is 0. The maximum Gasteiger partial charge on any atom is 0.219 e. The molecule has 0 N–H and O–H groups in total. The molecule has 0 saturated carbocycles. The third kappa shape index (κ3) is 4.51. The molecule has 4 nitrogen and oxygen atoms in total. The summed E-state index contributed by atoms with van der Waals surface area (Å²) in [6.45, 7) is 5.26. The minimum absolute atomic E-state index is 0.552. The summed E-state index contributed by atoms with van der Waals surface area (Å²) in [7, 11) is 0. The molecule has 5 rings (SSSR count). The van der Waals surface area contributed by atoms with E-state index >= 15 is 0 Å². The second kappa shape index (κ2) is 9.29. The van der Waals surface area contributed by atoms with Crippen LogP contribution in [0.4, 0.5) is 11.4 Å². The molecule has 0 radical (unpaired) electrons. The number of pyridine rings is 1. The van der Waals surface area contributed by atoms with Crippen LogP contribution in [-0.2, 0) is 6.54 Å². The number of hydrogen-bond acceptors (Lipinski definition) is 4. The number of para-hydroxylation sites is 2. The first-order valence-corrected chi connectivity index (χ1v) is 11.4. The first kappa shape index (κ1) is 21.0. The van der Waals surface area contributed by atoms with Crippen molar-refractivity contribution < 1.29 is 4.74 Å². The van der Waals surface area contributed by atoms with E-state index in [9.17, 15) is 0 Å². The van der Waals surface area contributed by atoms with Gasteiger partial charge in [0.05, 0.1) is 12.2 Å². The standard InChI is InChI=1S/C29H27N3O/c1-3-21(2)22-13-16-25(17-14-22)32-20-24-9-7-8-12-27(24)31-29(32)23-15-18-28(30-19-23)33-26-10-5-4-6-11-26/h4-19,21H,3,20H2,1-2H3. The summed E-state index contributed by atoms with van der Waals surface area (Å²) >= 11 is 0. The van der Waals surface area contributed by atoms with E-state index in [0.29, 0.717) is 11.8 Å². The number of nitrogens with zero attached hydrogens (tertiary/aromatic N) is 3. The van der Waals surface area contributed by atoms with E-state index in [-0.39, 0.29) is 0 Å². The zero-order valence-electron chi connectivity index (χ0n) is 19.0. The Morgan fingerprint density at radius 1 is 0.879 bits per heavy atom. The molecule has 0 aliphatic carbocycles. The van der Waals surface area contributed by atoms with Crippen LogP contribution in [0.15, 0.2) is 102 Å². The Balaban J connectivity index is 1.48. The first-order chi connectivity index (χ1) is 16.2. The molecule has 1 aliphatic rings. The molecule has 1 aliphatic heterocycles. The molecule has 1 aromatic heterocycles. The molecule has 0 saturated heterocycles. The number of anilines is 1. The highest BCUT2D eigenvalue weighted by Gasteiger charge is 2.23. The SMILES string of the molecule is CCC(C)c1ccc(N2Cc3ccccc3N=C2c2ccc(Oc3ccccc3)nc2)cc1. The van der Waals surface area contributed by atoms with Crippen LogP contribution in [0.25, 0.3) is 0 Å². The third-order valence-electron chi connectivity index (χ3n) is 6.15. The number of ether oxygens (including phenoxy) is 1. The van der Waals surface area contributed by atoms with Crippen molar-refractivity contribution >= 4 is 17.2 Å². The van der Waals surface area contributed by atoms with Crippen molar-refractivity contribution in [2.24, 2.45) is 4.99 Å². The minimum atomic E-state index is 0.552. The van der Waals surface area contributed by atoms with Crippen molar-refractivity contribution in [2.75, 3.05) is 4.90 Å². The van der Waals surface area contributed by atoms with Gasteiger partial charge in [0.25, 0.3) is 0 Å². The molecular weight excluding hydrogens is 406 g/mol. The molecular formula is C29H27N3O. The molecule has 1 atom stereocenters. The van der Waals surface area contributed by atoms with E-state index in [2.05, 4.69) is 66.2 Å². The van der Waals surface area contributed by atoms with Crippen molar-refractivity contribution in [3.05, 3.63) is 114 Å². The van der Waals surface area contributed by atoms with E-state index in [1.54, 1.807) is 0 Å². The Kier molecular flexibility index (Phi) is 5.90. The molecule has 164 valence electrons. The average Bonchev–Trinajstić information content (AvgIpc) is 2.88. The van der Waals surface area contributed by atoms with Crippen molar-refractivity contribution in [1.29, 1.82) is 0 Å². The van der Waals surface area contributed by atoms with Gasteiger partial charge in [0.2, 0.25) is 5.88 Å². The van der Waals surface area contributed by atoms with E-state index in [1.165, 1.54) is 11.1 Å². The normalized spacial score (nSPS) is 13.8. The number of aromatic nitrogens is 1. The average molecular weight is 434 g/mol. The number of benzene rings is 3. The predicted octanol–water partition coefficient (Wildman–Crippen LogP) is 7.49. The largest absolute Gasteiger partial charge is 0.439 e. The van der Waals surface area contributed by atoms with Crippen LogP contribution in [0.3, 0.4) is 0 Å². The molecule has 3 aromatic carbocycles. The van der Waals surface area contributed by atoms with Crippen LogP contribution < -0.4 is 9.64 Å². The van der Waals surface area contributed by atoms with Gasteiger partial charge in [-0.25, -0.2) is 9.98 Å². The molecule has 0 amide bonds. The lowest BCUT2D eigenvalue weighted by Crippen LogP contribution is -2.33. The van der Waals surface area contributed by atoms with Crippen molar-refractivity contribution in [3.63, 3.8) is 0 Å². The summed E-state index contributed by atoms with van der Waals surface area (Å²) in [6.07, 6.45) is 2.97. The highest BCUT2D eigenvalue weighted by atomic mass is 16.5. The second-order valence-electron chi connectivity index (χ2n) is 8.35. The van der Waals surface area contributed by atoms with E-state index < -0.39 is 0 Å². The van der Waals surface area contributed by atoms with Crippen LogP contribution in [-0.4, -0.2) is 10.8 Å².